The van der Waals surface area contributed by atoms with E-state index in [4.69, 9.17) is 5.73 Å². The number of anilines is 3. The highest BCUT2D eigenvalue weighted by Gasteiger charge is 2.19. The maximum atomic E-state index is 13.7. The molecule has 0 saturated carbocycles. The Hall–Kier alpha value is -3.26. The Labute approximate surface area is 165 Å². The molecule has 0 fully saturated rings. The Kier molecular flexibility index (Phi) is 5.65. The molecule has 0 atom stereocenters. The Bertz CT molecular complexity index is 1120. The number of aromatic nitrogens is 1. The number of nitrogens with two attached hydrogens (primary N) is 1. The van der Waals surface area contributed by atoms with Crippen molar-refractivity contribution in [1.82, 2.24) is 4.98 Å². The van der Waals surface area contributed by atoms with Gasteiger partial charge in [-0.2, -0.15) is 0 Å². The van der Waals surface area contributed by atoms with Gasteiger partial charge in [0, 0.05) is 17.4 Å². The van der Waals surface area contributed by atoms with Gasteiger partial charge in [-0.1, -0.05) is 18.2 Å². The van der Waals surface area contributed by atoms with Gasteiger partial charge in [0.2, 0.25) is 0 Å². The normalized spacial score (nSPS) is 11.2. The number of carbonyl (C=O) groups excluding carboxylic acids is 1. The van der Waals surface area contributed by atoms with Crippen molar-refractivity contribution >= 4 is 36.1 Å². The minimum Gasteiger partial charge on any atom is -0.383 e. The van der Waals surface area contributed by atoms with Crippen LogP contribution >= 0.6 is 7.60 Å². The fourth-order valence-corrected chi connectivity index (χ4v) is 3.11. The second-order valence-electron chi connectivity index (χ2n) is 6.31. The summed E-state index contributed by atoms with van der Waals surface area (Å²) in [6, 6.07) is 11.4. The number of hydrogen-bond acceptors (Lipinski definition) is 4. The van der Waals surface area contributed by atoms with Gasteiger partial charge in [0.25, 0.3) is 0 Å². The summed E-state index contributed by atoms with van der Waals surface area (Å²) >= 11 is 0. The Morgan fingerprint density at radius 1 is 1.10 bits per heavy atom. The Morgan fingerprint density at radius 2 is 1.79 bits per heavy atom. The number of pyridine rings is 1. The first-order valence-electron chi connectivity index (χ1n) is 8.40. The number of hydrogen-bond donors (Lipinski definition) is 5. The number of nitrogens with one attached hydrogen (secondary N) is 2. The highest BCUT2D eigenvalue weighted by Crippen LogP contribution is 2.35. The number of nitrogens with zero attached hydrogens (tertiary/aromatic N) is 1. The van der Waals surface area contributed by atoms with E-state index in [1.807, 2.05) is 0 Å². The van der Waals surface area contributed by atoms with E-state index in [2.05, 4.69) is 15.6 Å². The zero-order chi connectivity index (χ0) is 21.2. The molecule has 3 aromatic rings. The zero-order valence-electron chi connectivity index (χ0n) is 15.3. The molecule has 0 radical (unpaired) electrons. The molecule has 2 aromatic carbocycles. The third-order valence-electron chi connectivity index (χ3n) is 4.06. The van der Waals surface area contributed by atoms with Crippen molar-refractivity contribution in [1.29, 1.82) is 0 Å². The largest absolute Gasteiger partial charge is 0.383 e. The molecule has 0 aliphatic heterocycles. The first kappa shape index (κ1) is 20.5. The second-order valence-corrected chi connectivity index (χ2v) is 7.91. The summed E-state index contributed by atoms with van der Waals surface area (Å²) in [6.07, 6.45) is 1.03. The fourth-order valence-electron chi connectivity index (χ4n) is 2.61. The third-order valence-corrected chi connectivity index (χ3v) is 4.98. The number of halogens is 1. The van der Waals surface area contributed by atoms with E-state index in [0.29, 0.717) is 16.8 Å². The molecule has 6 N–H and O–H groups in total. The van der Waals surface area contributed by atoms with Crippen molar-refractivity contribution in [2.75, 3.05) is 16.4 Å². The van der Waals surface area contributed by atoms with Crippen LogP contribution in [-0.4, -0.2) is 20.8 Å². The molecule has 1 aromatic heterocycles. The van der Waals surface area contributed by atoms with Crippen molar-refractivity contribution in [2.24, 2.45) is 0 Å². The lowest BCUT2D eigenvalue weighted by atomic mass is 10.1. The molecule has 0 spiro atoms. The van der Waals surface area contributed by atoms with Crippen molar-refractivity contribution in [3.63, 3.8) is 0 Å². The van der Waals surface area contributed by atoms with Gasteiger partial charge in [-0.3, -0.25) is 4.57 Å². The first-order valence-corrected chi connectivity index (χ1v) is 10.0. The Balaban J connectivity index is 1.76. The summed E-state index contributed by atoms with van der Waals surface area (Å²) in [5.74, 6) is -0.440. The molecular weight excluding hydrogens is 398 g/mol. The van der Waals surface area contributed by atoms with Crippen molar-refractivity contribution in [2.45, 2.75) is 6.92 Å². The molecule has 8 nitrogen and oxygen atoms in total. The lowest BCUT2D eigenvalue weighted by Gasteiger charge is -2.11. The third kappa shape index (κ3) is 4.97. The van der Waals surface area contributed by atoms with Crippen LogP contribution in [0.2, 0.25) is 0 Å². The average Bonchev–Trinajstić information content (AvgIpc) is 2.65. The van der Waals surface area contributed by atoms with Gasteiger partial charge in [-0.25, -0.2) is 14.2 Å². The summed E-state index contributed by atoms with van der Waals surface area (Å²) in [4.78, 5) is 34.5. The highest BCUT2D eigenvalue weighted by atomic mass is 31.2. The van der Waals surface area contributed by atoms with E-state index in [1.165, 1.54) is 18.2 Å². The predicted octanol–water partition coefficient (Wildman–Crippen LogP) is 3.23. The number of nitrogen functional groups attached to an aromatic ring is 1. The average molecular weight is 416 g/mol. The van der Waals surface area contributed by atoms with Gasteiger partial charge >= 0.3 is 13.6 Å². The topological polar surface area (TPSA) is 138 Å². The van der Waals surface area contributed by atoms with Crippen LogP contribution in [-0.2, 0) is 4.57 Å². The van der Waals surface area contributed by atoms with E-state index in [1.54, 1.807) is 37.3 Å². The van der Waals surface area contributed by atoms with Gasteiger partial charge < -0.3 is 26.2 Å². The van der Waals surface area contributed by atoms with Crippen LogP contribution in [0.25, 0.3) is 11.1 Å². The predicted molar refractivity (Wildman–Crippen MR) is 110 cm³/mol. The van der Waals surface area contributed by atoms with E-state index in [9.17, 15) is 23.5 Å². The SMILES string of the molecule is Cc1ccc(F)c(NC(=O)Nc2ccc(-c3cc(P(=O)(O)O)cnc3N)cc2)c1. The van der Waals surface area contributed by atoms with Crippen LogP contribution in [0.1, 0.15) is 5.56 Å². The van der Waals surface area contributed by atoms with Crippen LogP contribution in [0.4, 0.5) is 26.4 Å². The zero-order valence-corrected chi connectivity index (χ0v) is 16.2. The van der Waals surface area contributed by atoms with Gasteiger partial charge in [0.15, 0.2) is 0 Å². The van der Waals surface area contributed by atoms with Gasteiger partial charge in [0.05, 0.1) is 11.0 Å². The van der Waals surface area contributed by atoms with Crippen LogP contribution < -0.4 is 21.7 Å². The minimum atomic E-state index is -4.47. The summed E-state index contributed by atoms with van der Waals surface area (Å²) < 4.78 is 25.2. The van der Waals surface area contributed by atoms with E-state index >= 15 is 0 Å². The lowest BCUT2D eigenvalue weighted by Crippen LogP contribution is -2.20. The molecule has 0 unspecified atom stereocenters. The number of benzene rings is 2. The van der Waals surface area contributed by atoms with Gasteiger partial charge in [-0.15, -0.1) is 0 Å². The standard InChI is InChI=1S/C19H18FN4O4P/c1-11-2-7-16(20)17(8-11)24-19(25)23-13-5-3-12(4-6-13)15-9-14(29(26,27)28)10-22-18(15)21/h2-10H,1H3,(H2,21,22)(H2,23,24,25)(H2,26,27,28). The monoisotopic (exact) mass is 416 g/mol. The molecule has 29 heavy (non-hydrogen) atoms. The van der Waals surface area contributed by atoms with E-state index in [-0.39, 0.29) is 16.8 Å². The molecule has 0 aliphatic carbocycles. The summed E-state index contributed by atoms with van der Waals surface area (Å²) in [5.41, 5.74) is 8.01. The molecule has 10 heteroatoms. The molecule has 0 aliphatic rings. The molecule has 1 heterocycles. The quantitative estimate of drug-likeness (QED) is 0.414. The number of rotatable bonds is 4. The maximum Gasteiger partial charge on any atom is 0.357 e. The number of urea groups is 1. The summed E-state index contributed by atoms with van der Waals surface area (Å²) in [6.45, 7) is 1.78. The highest BCUT2D eigenvalue weighted by molar-refractivity contribution is 7.60. The van der Waals surface area contributed by atoms with E-state index < -0.39 is 19.4 Å². The van der Waals surface area contributed by atoms with Crippen LogP contribution in [0.15, 0.2) is 54.7 Å². The van der Waals surface area contributed by atoms with Crippen LogP contribution in [0, 0.1) is 12.7 Å². The van der Waals surface area contributed by atoms with Gasteiger partial charge in [0.1, 0.15) is 11.6 Å². The minimum absolute atomic E-state index is 0.0622. The summed E-state index contributed by atoms with van der Waals surface area (Å²) in [5, 5.41) is 4.77. The Morgan fingerprint density at radius 3 is 2.45 bits per heavy atom. The smallest absolute Gasteiger partial charge is 0.357 e. The lowest BCUT2D eigenvalue weighted by molar-refractivity contribution is 0.262. The first-order chi connectivity index (χ1) is 13.6. The number of amides is 2. The van der Waals surface area contributed by atoms with Crippen molar-refractivity contribution in [3.05, 3.63) is 66.1 Å². The molecule has 3 rings (SSSR count). The van der Waals surface area contributed by atoms with Crippen molar-refractivity contribution < 1.29 is 23.5 Å². The van der Waals surface area contributed by atoms with Crippen molar-refractivity contribution in [3.8, 4) is 11.1 Å². The number of carbonyl (C=O) groups is 1. The number of aryl methyl sites for hydroxylation is 1. The molecule has 2 amide bonds. The van der Waals surface area contributed by atoms with Crippen LogP contribution in [0.3, 0.4) is 0 Å². The van der Waals surface area contributed by atoms with Crippen LogP contribution in [0.5, 0.6) is 0 Å². The maximum absolute atomic E-state index is 13.7. The molecule has 0 bridgehead atoms. The van der Waals surface area contributed by atoms with Gasteiger partial charge in [-0.05, 0) is 48.4 Å². The summed E-state index contributed by atoms with van der Waals surface area (Å²) in [7, 11) is -4.47. The molecule has 0 saturated heterocycles. The molecule has 150 valence electrons. The fraction of sp³-hybridized carbons (Fsp3) is 0.0526. The molecular formula is C19H18FN4O4P. The van der Waals surface area contributed by atoms with E-state index in [0.717, 1.165) is 11.8 Å². The second kappa shape index (κ2) is 8.00.